The average molecular weight is 336 g/mol. The maximum Gasteiger partial charge on any atom is 0.177 e. The van der Waals surface area contributed by atoms with Gasteiger partial charge >= 0.3 is 0 Å². The van der Waals surface area contributed by atoms with Crippen LogP contribution in [-0.4, -0.2) is 34.0 Å². The molecule has 4 nitrogen and oxygen atoms in total. The summed E-state index contributed by atoms with van der Waals surface area (Å²) in [5.41, 5.74) is -1.56. The van der Waals surface area contributed by atoms with Gasteiger partial charge in [-0.1, -0.05) is 48.0 Å². The Hall–Kier alpha value is -0.160. The Morgan fingerprint density at radius 1 is 0.750 bits per heavy atom. The van der Waals surface area contributed by atoms with Gasteiger partial charge in [0.2, 0.25) is 0 Å². The third kappa shape index (κ3) is 1.15. The van der Waals surface area contributed by atoms with Crippen molar-refractivity contribution >= 4 is 0 Å². The fourth-order valence-electron chi connectivity index (χ4n) is 8.13. The Labute approximate surface area is 144 Å². The van der Waals surface area contributed by atoms with Crippen LogP contribution in [0.25, 0.3) is 0 Å². The van der Waals surface area contributed by atoms with E-state index in [-0.39, 0.29) is 23.0 Å². The molecule has 136 valence electrons. The summed E-state index contributed by atoms with van der Waals surface area (Å²) in [4.78, 5) is 0. The van der Waals surface area contributed by atoms with Crippen LogP contribution in [0.5, 0.6) is 0 Å². The molecule has 0 radical (unpaired) electrons. The third-order valence-electron chi connectivity index (χ3n) is 8.68. The zero-order valence-corrected chi connectivity index (χ0v) is 15.8. The lowest BCUT2D eigenvalue weighted by Gasteiger charge is -2.59. The minimum Gasteiger partial charge on any atom is -0.365 e. The molecule has 2 spiro atoms. The van der Waals surface area contributed by atoms with Gasteiger partial charge in [-0.25, -0.2) is 0 Å². The fourth-order valence-corrected chi connectivity index (χ4v) is 8.13. The highest BCUT2D eigenvalue weighted by Crippen LogP contribution is 2.88. The quantitative estimate of drug-likeness (QED) is 0.714. The molecule has 8 atom stereocenters. The minimum absolute atomic E-state index is 0.0678. The van der Waals surface area contributed by atoms with Crippen LogP contribution in [0.4, 0.5) is 0 Å². The van der Waals surface area contributed by atoms with E-state index < -0.39 is 22.4 Å². The van der Waals surface area contributed by atoms with E-state index in [0.717, 1.165) is 25.7 Å². The molecule has 0 aromatic carbocycles. The highest BCUT2D eigenvalue weighted by molar-refractivity contribution is 5.37. The van der Waals surface area contributed by atoms with E-state index in [9.17, 15) is 10.2 Å². The first-order valence-corrected chi connectivity index (χ1v) is 9.68. The Kier molecular flexibility index (Phi) is 2.51. The molecule has 5 rings (SSSR count). The second-order valence-electron chi connectivity index (χ2n) is 11.2. The molecule has 24 heavy (non-hydrogen) atoms. The summed E-state index contributed by atoms with van der Waals surface area (Å²) in [6.07, 6.45) is 3.81. The zero-order valence-electron chi connectivity index (χ0n) is 15.8. The largest absolute Gasteiger partial charge is 0.365 e. The van der Waals surface area contributed by atoms with E-state index >= 15 is 0 Å². The van der Waals surface area contributed by atoms with Crippen LogP contribution < -0.4 is 0 Å². The lowest BCUT2D eigenvalue weighted by Crippen LogP contribution is -2.68. The van der Waals surface area contributed by atoms with Gasteiger partial charge in [0, 0.05) is 21.7 Å². The fraction of sp³-hybridized carbons (Fsp3) is 1.00. The second-order valence-corrected chi connectivity index (χ2v) is 11.2. The molecule has 3 saturated carbocycles. The average Bonchev–Trinajstić information content (AvgIpc) is 3.10. The molecular formula is C20H32O4. The van der Waals surface area contributed by atoms with Gasteiger partial charge in [-0.15, -0.1) is 0 Å². The number of ether oxygens (including phenoxy) is 2. The molecule has 2 unspecified atom stereocenters. The maximum atomic E-state index is 12.0. The Bertz CT molecular complexity index is 566. The van der Waals surface area contributed by atoms with Gasteiger partial charge in [0.1, 0.15) is 0 Å². The van der Waals surface area contributed by atoms with Crippen molar-refractivity contribution in [2.75, 3.05) is 0 Å². The molecule has 3 aliphatic carbocycles. The van der Waals surface area contributed by atoms with Crippen molar-refractivity contribution in [2.24, 2.45) is 33.5 Å². The predicted octanol–water partition coefficient (Wildman–Crippen LogP) is 3.06. The molecule has 2 heterocycles. The Morgan fingerprint density at radius 3 is 1.46 bits per heavy atom. The van der Waals surface area contributed by atoms with Crippen LogP contribution in [0.3, 0.4) is 0 Å². The molecule has 2 aliphatic heterocycles. The van der Waals surface area contributed by atoms with E-state index in [0.29, 0.717) is 11.8 Å². The number of hydrogen-bond acceptors (Lipinski definition) is 4. The summed E-state index contributed by atoms with van der Waals surface area (Å²) in [5.74, 6) is -1.76. The molecule has 2 bridgehead atoms. The van der Waals surface area contributed by atoms with Crippen LogP contribution in [0.2, 0.25) is 0 Å². The first-order chi connectivity index (χ1) is 10.9. The summed E-state index contributed by atoms with van der Waals surface area (Å²) in [6.45, 7) is 12.5. The maximum absolute atomic E-state index is 12.0. The second kappa shape index (κ2) is 3.76. The summed E-state index contributed by atoms with van der Waals surface area (Å²) in [6, 6.07) is 0. The molecule has 5 aliphatic rings. The van der Waals surface area contributed by atoms with Crippen LogP contribution >= 0.6 is 0 Å². The molecule has 0 aromatic heterocycles. The first-order valence-electron chi connectivity index (χ1n) is 9.68. The van der Waals surface area contributed by atoms with E-state index in [4.69, 9.17) is 9.47 Å². The van der Waals surface area contributed by atoms with E-state index in [2.05, 4.69) is 41.5 Å². The molecule has 0 aromatic rings. The van der Waals surface area contributed by atoms with Gasteiger partial charge in [-0.3, -0.25) is 0 Å². The highest BCUT2D eigenvalue weighted by atomic mass is 16.7. The molecule has 5 fully saturated rings. The van der Waals surface area contributed by atoms with Gasteiger partial charge in [0.15, 0.2) is 11.6 Å². The smallest absolute Gasteiger partial charge is 0.177 e. The van der Waals surface area contributed by atoms with E-state index in [1.54, 1.807) is 0 Å². The predicted molar refractivity (Wildman–Crippen MR) is 88.9 cm³/mol. The van der Waals surface area contributed by atoms with Gasteiger partial charge in [-0.2, -0.15) is 0 Å². The Balaban J connectivity index is 1.82. The molecule has 4 heteroatoms. The summed E-state index contributed by atoms with van der Waals surface area (Å²) < 4.78 is 12.9. The van der Waals surface area contributed by atoms with E-state index in [1.807, 2.05) is 0 Å². The van der Waals surface area contributed by atoms with Crippen LogP contribution in [0.1, 0.15) is 67.2 Å². The topological polar surface area (TPSA) is 58.9 Å². The zero-order chi connectivity index (χ0) is 17.6. The van der Waals surface area contributed by atoms with Crippen LogP contribution in [0.15, 0.2) is 0 Å². The van der Waals surface area contributed by atoms with Crippen molar-refractivity contribution in [1.29, 1.82) is 0 Å². The summed E-state index contributed by atoms with van der Waals surface area (Å²) in [7, 11) is 0. The molecule has 0 amide bonds. The van der Waals surface area contributed by atoms with Crippen molar-refractivity contribution in [2.45, 2.75) is 91.0 Å². The van der Waals surface area contributed by atoms with Crippen molar-refractivity contribution in [3.8, 4) is 0 Å². The van der Waals surface area contributed by atoms with Crippen molar-refractivity contribution < 1.29 is 19.7 Å². The standard InChI is InChI=1S/C20H32O4/c1-15(2,3)19(21)17-8-7-9-18(17)12-10-11(17)13(23-19)14(12)24-20(18,22)16(4,5)6/h11-14,21-22H,7-10H2,1-6H3/t11-,12+,13-,14+,17+,18-,19?,20?. The van der Waals surface area contributed by atoms with E-state index in [1.165, 1.54) is 0 Å². The summed E-state index contributed by atoms with van der Waals surface area (Å²) in [5, 5.41) is 24.0. The van der Waals surface area contributed by atoms with Crippen molar-refractivity contribution in [1.82, 2.24) is 0 Å². The lowest BCUT2D eigenvalue weighted by atomic mass is 9.47. The van der Waals surface area contributed by atoms with Crippen LogP contribution in [0, 0.1) is 33.5 Å². The number of hydrogen-bond donors (Lipinski definition) is 2. The van der Waals surface area contributed by atoms with Gasteiger partial charge in [-0.05, 0) is 31.1 Å². The van der Waals surface area contributed by atoms with Gasteiger partial charge < -0.3 is 19.7 Å². The Morgan fingerprint density at radius 2 is 1.12 bits per heavy atom. The lowest BCUT2D eigenvalue weighted by molar-refractivity contribution is -0.380. The minimum atomic E-state index is -1.20. The van der Waals surface area contributed by atoms with Crippen molar-refractivity contribution in [3.63, 3.8) is 0 Å². The van der Waals surface area contributed by atoms with Gasteiger partial charge in [0.05, 0.1) is 12.2 Å². The van der Waals surface area contributed by atoms with Crippen molar-refractivity contribution in [3.05, 3.63) is 0 Å². The SMILES string of the molecule is CC(C)(C)C1(O)O[C@@H]2[C@@H]3OC(O)(C(C)(C)C)[C@]45CCC[C@]14[C@H]2C[C@H]35. The molecule has 2 N–H and O–H groups in total. The summed E-state index contributed by atoms with van der Waals surface area (Å²) >= 11 is 0. The first kappa shape index (κ1) is 16.0. The van der Waals surface area contributed by atoms with Gasteiger partial charge in [0.25, 0.3) is 0 Å². The normalized spacial score (nSPS) is 61.0. The number of aliphatic hydroxyl groups is 2. The number of rotatable bonds is 0. The molecular weight excluding hydrogens is 304 g/mol. The van der Waals surface area contributed by atoms with Crippen LogP contribution in [-0.2, 0) is 9.47 Å². The monoisotopic (exact) mass is 336 g/mol. The third-order valence-corrected chi connectivity index (χ3v) is 8.68. The number of fused-ring (bicyclic) bond motifs is 1. The molecule has 2 saturated heterocycles. The highest BCUT2D eigenvalue weighted by Gasteiger charge is 2.94.